The number of hydrogen-bond acceptors (Lipinski definition) is 4. The summed E-state index contributed by atoms with van der Waals surface area (Å²) in [5, 5.41) is 13.4. The molecule has 2 aromatic carbocycles. The number of rotatable bonds is 5. The highest BCUT2D eigenvalue weighted by molar-refractivity contribution is 9.10. The summed E-state index contributed by atoms with van der Waals surface area (Å²) in [5.41, 5.74) is -0.0413. The molecule has 5 nitrogen and oxygen atoms in total. The first-order chi connectivity index (χ1) is 10.5. The molecular formula is C15H10BrFNO4-. The zero-order valence-electron chi connectivity index (χ0n) is 11.1. The molecule has 0 saturated heterocycles. The molecule has 0 fully saturated rings. The molecule has 0 atom stereocenters. The molecule has 0 aliphatic heterocycles. The average molecular weight is 367 g/mol. The van der Waals surface area contributed by atoms with E-state index in [1.165, 1.54) is 36.4 Å². The fourth-order valence-corrected chi connectivity index (χ4v) is 2.02. The second-order valence-corrected chi connectivity index (χ2v) is 5.18. The van der Waals surface area contributed by atoms with E-state index in [0.29, 0.717) is 10.2 Å². The minimum Gasteiger partial charge on any atom is -0.545 e. The number of amides is 1. The highest BCUT2D eigenvalue weighted by Crippen LogP contribution is 2.20. The lowest BCUT2D eigenvalue weighted by Crippen LogP contribution is -2.26. The Morgan fingerprint density at radius 1 is 1.18 bits per heavy atom. The fourth-order valence-electron chi connectivity index (χ4n) is 1.66. The lowest BCUT2D eigenvalue weighted by atomic mass is 10.2. The number of carbonyl (C=O) groups is 2. The molecule has 0 aliphatic carbocycles. The smallest absolute Gasteiger partial charge is 0.262 e. The molecule has 0 aromatic heterocycles. The van der Waals surface area contributed by atoms with E-state index in [4.69, 9.17) is 4.74 Å². The van der Waals surface area contributed by atoms with E-state index >= 15 is 0 Å². The summed E-state index contributed by atoms with van der Waals surface area (Å²) in [4.78, 5) is 22.8. The van der Waals surface area contributed by atoms with Crippen LogP contribution in [-0.4, -0.2) is 18.5 Å². The number of benzene rings is 2. The lowest BCUT2D eigenvalue weighted by Gasteiger charge is -2.12. The standard InChI is InChI=1S/C15H11BrFNO4/c16-9-1-6-13(12(7-9)15(20)21)18-14(19)8-22-11-4-2-10(17)3-5-11/h1-7H,8H2,(H,18,19)(H,20,21)/p-1. The van der Waals surface area contributed by atoms with Crippen molar-refractivity contribution in [3.63, 3.8) is 0 Å². The van der Waals surface area contributed by atoms with Crippen LogP contribution in [0.5, 0.6) is 5.75 Å². The second-order valence-electron chi connectivity index (χ2n) is 4.27. The van der Waals surface area contributed by atoms with E-state index in [9.17, 15) is 19.1 Å². The third-order valence-corrected chi connectivity index (χ3v) is 3.15. The van der Waals surface area contributed by atoms with Crippen LogP contribution in [0.4, 0.5) is 10.1 Å². The van der Waals surface area contributed by atoms with Crippen molar-refractivity contribution in [2.24, 2.45) is 0 Å². The van der Waals surface area contributed by atoms with E-state index in [0.717, 1.165) is 0 Å². The molecule has 2 aromatic rings. The Kier molecular flexibility index (Phi) is 5.11. The van der Waals surface area contributed by atoms with Gasteiger partial charge in [0, 0.05) is 15.7 Å². The van der Waals surface area contributed by atoms with Crippen molar-refractivity contribution in [1.29, 1.82) is 0 Å². The van der Waals surface area contributed by atoms with Crippen LogP contribution in [0.1, 0.15) is 10.4 Å². The number of carbonyl (C=O) groups excluding carboxylic acids is 2. The topological polar surface area (TPSA) is 78.5 Å². The zero-order valence-corrected chi connectivity index (χ0v) is 12.7. The average Bonchev–Trinajstić information content (AvgIpc) is 2.48. The third kappa shape index (κ3) is 4.29. The van der Waals surface area contributed by atoms with Gasteiger partial charge >= 0.3 is 0 Å². The number of ether oxygens (including phenoxy) is 1. The van der Waals surface area contributed by atoms with Gasteiger partial charge in [-0.25, -0.2) is 4.39 Å². The van der Waals surface area contributed by atoms with E-state index in [2.05, 4.69) is 21.2 Å². The highest BCUT2D eigenvalue weighted by Gasteiger charge is 2.09. The molecule has 0 saturated carbocycles. The predicted molar refractivity (Wildman–Crippen MR) is 79.0 cm³/mol. The molecule has 0 aliphatic rings. The summed E-state index contributed by atoms with van der Waals surface area (Å²) >= 11 is 3.14. The van der Waals surface area contributed by atoms with Gasteiger partial charge in [0.1, 0.15) is 11.6 Å². The molecule has 1 amide bonds. The van der Waals surface area contributed by atoms with Crippen LogP contribution in [-0.2, 0) is 4.79 Å². The number of hydrogen-bond donors (Lipinski definition) is 1. The van der Waals surface area contributed by atoms with Crippen LogP contribution in [0.25, 0.3) is 0 Å². The minimum atomic E-state index is -1.41. The van der Waals surface area contributed by atoms with Crippen molar-refractivity contribution in [3.05, 3.63) is 58.3 Å². The Hall–Kier alpha value is -2.41. The first-order valence-electron chi connectivity index (χ1n) is 6.15. The van der Waals surface area contributed by atoms with Crippen molar-refractivity contribution < 1.29 is 23.8 Å². The number of carboxylic acids is 1. The quantitative estimate of drug-likeness (QED) is 0.877. The molecule has 7 heteroatoms. The summed E-state index contributed by atoms with van der Waals surface area (Å²) in [7, 11) is 0. The van der Waals surface area contributed by atoms with Crippen molar-refractivity contribution in [3.8, 4) is 5.75 Å². The zero-order chi connectivity index (χ0) is 16.1. The molecule has 0 heterocycles. The molecule has 0 spiro atoms. The van der Waals surface area contributed by atoms with Gasteiger partial charge in [-0.15, -0.1) is 0 Å². The fraction of sp³-hybridized carbons (Fsp3) is 0.0667. The van der Waals surface area contributed by atoms with E-state index < -0.39 is 17.7 Å². The van der Waals surface area contributed by atoms with Crippen LogP contribution < -0.4 is 15.2 Å². The van der Waals surface area contributed by atoms with Gasteiger partial charge in [-0.05, 0) is 42.5 Å². The van der Waals surface area contributed by atoms with Gasteiger partial charge in [0.25, 0.3) is 5.91 Å². The maximum atomic E-state index is 12.7. The van der Waals surface area contributed by atoms with Gasteiger partial charge in [-0.3, -0.25) is 4.79 Å². The molecule has 0 unspecified atom stereocenters. The van der Waals surface area contributed by atoms with Crippen LogP contribution in [0.15, 0.2) is 46.9 Å². The van der Waals surface area contributed by atoms with Crippen molar-refractivity contribution in [1.82, 2.24) is 0 Å². The molecule has 0 bridgehead atoms. The third-order valence-electron chi connectivity index (χ3n) is 2.66. The SMILES string of the molecule is O=C(COc1ccc(F)cc1)Nc1ccc(Br)cc1C(=O)[O-]. The summed E-state index contributed by atoms with van der Waals surface area (Å²) in [6.45, 7) is -0.339. The minimum absolute atomic E-state index is 0.107. The van der Waals surface area contributed by atoms with E-state index in [1.54, 1.807) is 6.07 Å². The maximum absolute atomic E-state index is 12.7. The summed E-state index contributed by atoms with van der Waals surface area (Å²) in [6, 6.07) is 9.52. The Morgan fingerprint density at radius 3 is 2.50 bits per heavy atom. The molecule has 0 radical (unpaired) electrons. The number of nitrogens with one attached hydrogen (secondary N) is 1. The second kappa shape index (κ2) is 7.04. The predicted octanol–water partition coefficient (Wildman–Crippen LogP) is 1.97. The Bertz CT molecular complexity index is 703. The van der Waals surface area contributed by atoms with Crippen molar-refractivity contribution in [2.75, 3.05) is 11.9 Å². The van der Waals surface area contributed by atoms with E-state index in [1.807, 2.05) is 0 Å². The van der Waals surface area contributed by atoms with Crippen molar-refractivity contribution >= 4 is 33.5 Å². The first-order valence-corrected chi connectivity index (χ1v) is 6.94. The van der Waals surface area contributed by atoms with Gasteiger partial charge in [-0.2, -0.15) is 0 Å². The number of anilines is 1. The molecule has 1 N–H and O–H groups in total. The molecule has 114 valence electrons. The van der Waals surface area contributed by atoms with Crippen LogP contribution in [0.2, 0.25) is 0 Å². The Labute approximate surface area is 133 Å². The summed E-state index contributed by atoms with van der Waals surface area (Å²) in [6.07, 6.45) is 0. The van der Waals surface area contributed by atoms with Crippen LogP contribution >= 0.6 is 15.9 Å². The lowest BCUT2D eigenvalue weighted by molar-refractivity contribution is -0.254. The summed E-state index contributed by atoms with van der Waals surface area (Å²) < 4.78 is 18.4. The first kappa shape index (κ1) is 16.0. The van der Waals surface area contributed by atoms with Crippen molar-refractivity contribution in [2.45, 2.75) is 0 Å². The number of halogens is 2. The van der Waals surface area contributed by atoms with Gasteiger partial charge in [0.05, 0.1) is 5.97 Å². The number of aromatic carboxylic acids is 1. The monoisotopic (exact) mass is 366 g/mol. The maximum Gasteiger partial charge on any atom is 0.262 e. The largest absolute Gasteiger partial charge is 0.545 e. The molecule has 22 heavy (non-hydrogen) atoms. The Balaban J connectivity index is 2.00. The van der Waals surface area contributed by atoms with Gasteiger partial charge in [-0.1, -0.05) is 15.9 Å². The number of carboxylic acid groups (broad SMARTS) is 1. The molecule has 2 rings (SSSR count). The van der Waals surface area contributed by atoms with Gasteiger partial charge in [0.15, 0.2) is 6.61 Å². The normalized spacial score (nSPS) is 10.1. The highest BCUT2D eigenvalue weighted by atomic mass is 79.9. The van der Waals surface area contributed by atoms with Crippen LogP contribution in [0, 0.1) is 5.82 Å². The summed E-state index contributed by atoms with van der Waals surface area (Å²) in [5.74, 6) is -2.04. The van der Waals surface area contributed by atoms with E-state index in [-0.39, 0.29) is 17.9 Å². The van der Waals surface area contributed by atoms with Gasteiger partial charge < -0.3 is 20.0 Å². The van der Waals surface area contributed by atoms with Crippen LogP contribution in [0.3, 0.4) is 0 Å². The molecular weight excluding hydrogens is 357 g/mol. The Morgan fingerprint density at radius 2 is 1.86 bits per heavy atom. The van der Waals surface area contributed by atoms with Gasteiger partial charge in [0.2, 0.25) is 0 Å².